The summed E-state index contributed by atoms with van der Waals surface area (Å²) in [6.07, 6.45) is 0.325. The first-order valence-corrected chi connectivity index (χ1v) is 7.66. The summed E-state index contributed by atoms with van der Waals surface area (Å²) in [7, 11) is 0. The van der Waals surface area contributed by atoms with Gasteiger partial charge in [0.1, 0.15) is 12.0 Å². The van der Waals surface area contributed by atoms with E-state index in [0.717, 1.165) is 6.42 Å². The molecule has 0 fully saturated rings. The predicted molar refractivity (Wildman–Crippen MR) is 84.0 cm³/mol. The van der Waals surface area contributed by atoms with E-state index >= 15 is 0 Å². The third-order valence-electron chi connectivity index (χ3n) is 3.94. The Labute approximate surface area is 130 Å². The Morgan fingerprint density at radius 2 is 2.00 bits per heavy atom. The van der Waals surface area contributed by atoms with Crippen LogP contribution in [0.25, 0.3) is 0 Å². The number of fused-ring (bicyclic) bond motifs is 1. The van der Waals surface area contributed by atoms with Crippen LogP contribution in [0.3, 0.4) is 0 Å². The van der Waals surface area contributed by atoms with E-state index in [1.54, 1.807) is 25.1 Å². The van der Waals surface area contributed by atoms with Crippen molar-refractivity contribution in [2.45, 2.75) is 39.2 Å². The summed E-state index contributed by atoms with van der Waals surface area (Å²) in [5.74, 6) is -1.23. The molecule has 2 unspecified atom stereocenters. The average molecular weight is 305 g/mol. The fourth-order valence-electron chi connectivity index (χ4n) is 2.60. The first-order valence-electron chi connectivity index (χ1n) is 7.66. The number of carbonyl (C=O) groups is 2. The Morgan fingerprint density at radius 3 is 2.64 bits per heavy atom. The number of anilines is 1. The minimum Gasteiger partial charge on any atom is -0.481 e. The van der Waals surface area contributed by atoms with Crippen molar-refractivity contribution in [1.29, 1.82) is 0 Å². The Kier molecular flexibility index (Phi) is 5.19. The molecule has 0 aromatic heterocycles. The highest BCUT2D eigenvalue weighted by Gasteiger charge is 2.37. The number of benzene rings is 1. The molecule has 0 aliphatic carbocycles. The van der Waals surface area contributed by atoms with Crippen molar-refractivity contribution in [1.82, 2.24) is 0 Å². The molecule has 1 N–H and O–H groups in total. The lowest BCUT2D eigenvalue weighted by atomic mass is 10.0. The van der Waals surface area contributed by atoms with E-state index in [2.05, 4.69) is 13.8 Å². The van der Waals surface area contributed by atoms with Crippen LogP contribution in [0.1, 0.15) is 38.7 Å². The SMILES string of the molecule is CC(C)CCOC(C)C(=O)N1CC(C(=O)O)c2ccccc21. The average Bonchev–Trinajstić information content (AvgIpc) is 2.85. The molecule has 5 heteroatoms. The van der Waals surface area contributed by atoms with Crippen LogP contribution in [0.5, 0.6) is 0 Å². The lowest BCUT2D eigenvalue weighted by Gasteiger charge is -2.22. The Morgan fingerprint density at radius 1 is 1.32 bits per heavy atom. The van der Waals surface area contributed by atoms with E-state index in [-0.39, 0.29) is 12.5 Å². The lowest BCUT2D eigenvalue weighted by Crippen LogP contribution is -2.39. The summed E-state index contributed by atoms with van der Waals surface area (Å²) in [6.45, 7) is 6.63. The van der Waals surface area contributed by atoms with Crippen LogP contribution in [0, 0.1) is 5.92 Å². The number of amides is 1. The number of ether oxygens (including phenoxy) is 1. The summed E-state index contributed by atoms with van der Waals surface area (Å²) in [5, 5.41) is 9.33. The topological polar surface area (TPSA) is 66.8 Å². The molecule has 0 radical (unpaired) electrons. The summed E-state index contributed by atoms with van der Waals surface area (Å²) in [6, 6.07) is 7.17. The highest BCUT2D eigenvalue weighted by molar-refractivity contribution is 6.01. The van der Waals surface area contributed by atoms with Crippen molar-refractivity contribution < 1.29 is 19.4 Å². The van der Waals surface area contributed by atoms with Gasteiger partial charge in [0, 0.05) is 18.8 Å². The maximum Gasteiger partial charge on any atom is 0.312 e. The number of aliphatic carboxylic acids is 1. The number of rotatable bonds is 6. The summed E-state index contributed by atoms with van der Waals surface area (Å²) in [5.41, 5.74) is 1.37. The van der Waals surface area contributed by atoms with Gasteiger partial charge in [0.05, 0.1) is 0 Å². The second kappa shape index (κ2) is 6.92. The third kappa shape index (κ3) is 3.47. The zero-order valence-electron chi connectivity index (χ0n) is 13.3. The molecular weight excluding hydrogens is 282 g/mol. The van der Waals surface area contributed by atoms with E-state index in [1.165, 1.54) is 4.90 Å². The number of hydrogen-bond donors (Lipinski definition) is 1. The van der Waals surface area contributed by atoms with Gasteiger partial charge in [-0.05, 0) is 30.9 Å². The number of carboxylic acid groups (broad SMARTS) is 1. The smallest absolute Gasteiger partial charge is 0.312 e. The van der Waals surface area contributed by atoms with Crippen LogP contribution >= 0.6 is 0 Å². The van der Waals surface area contributed by atoms with E-state index in [0.29, 0.717) is 23.8 Å². The largest absolute Gasteiger partial charge is 0.481 e. The third-order valence-corrected chi connectivity index (χ3v) is 3.94. The van der Waals surface area contributed by atoms with Crippen LogP contribution in [0.15, 0.2) is 24.3 Å². The molecule has 2 atom stereocenters. The van der Waals surface area contributed by atoms with Gasteiger partial charge < -0.3 is 14.7 Å². The molecule has 1 aliphatic heterocycles. The van der Waals surface area contributed by atoms with E-state index < -0.39 is 18.0 Å². The number of para-hydroxylation sites is 1. The Hall–Kier alpha value is -1.88. The molecule has 5 nitrogen and oxygen atoms in total. The van der Waals surface area contributed by atoms with Crippen molar-refractivity contribution in [3.8, 4) is 0 Å². The van der Waals surface area contributed by atoms with Gasteiger partial charge in [-0.15, -0.1) is 0 Å². The molecule has 1 aliphatic rings. The van der Waals surface area contributed by atoms with E-state index in [1.807, 2.05) is 6.07 Å². The monoisotopic (exact) mass is 305 g/mol. The lowest BCUT2D eigenvalue weighted by molar-refractivity contribution is -0.138. The number of carbonyl (C=O) groups excluding carboxylic acids is 1. The second-order valence-corrected chi connectivity index (χ2v) is 6.09. The van der Waals surface area contributed by atoms with Gasteiger partial charge in [-0.25, -0.2) is 0 Å². The maximum atomic E-state index is 12.6. The van der Waals surface area contributed by atoms with Crippen molar-refractivity contribution in [2.75, 3.05) is 18.1 Å². The first-order chi connectivity index (χ1) is 10.4. The number of carboxylic acids is 1. The standard InChI is InChI=1S/C17H23NO4/c1-11(2)8-9-22-12(3)16(19)18-10-14(17(20)21)13-6-4-5-7-15(13)18/h4-7,11-12,14H,8-10H2,1-3H3,(H,20,21). The zero-order valence-corrected chi connectivity index (χ0v) is 13.3. The first kappa shape index (κ1) is 16.5. The molecule has 0 bridgehead atoms. The zero-order chi connectivity index (χ0) is 16.3. The van der Waals surface area contributed by atoms with Gasteiger partial charge in [0.2, 0.25) is 0 Å². The van der Waals surface area contributed by atoms with Gasteiger partial charge in [0.25, 0.3) is 5.91 Å². The molecule has 1 aromatic rings. The van der Waals surface area contributed by atoms with Crippen LogP contribution in [-0.2, 0) is 14.3 Å². The highest BCUT2D eigenvalue weighted by atomic mass is 16.5. The van der Waals surface area contributed by atoms with Crippen molar-refractivity contribution in [2.24, 2.45) is 5.92 Å². The van der Waals surface area contributed by atoms with Crippen molar-refractivity contribution >= 4 is 17.6 Å². The van der Waals surface area contributed by atoms with Crippen LogP contribution in [0.2, 0.25) is 0 Å². The molecule has 0 spiro atoms. The van der Waals surface area contributed by atoms with Gasteiger partial charge >= 0.3 is 5.97 Å². The molecule has 120 valence electrons. The fraction of sp³-hybridized carbons (Fsp3) is 0.529. The van der Waals surface area contributed by atoms with Gasteiger partial charge in [0.15, 0.2) is 0 Å². The predicted octanol–water partition coefficient (Wildman–Crippen LogP) is 2.65. The number of hydrogen-bond acceptors (Lipinski definition) is 3. The molecule has 22 heavy (non-hydrogen) atoms. The molecule has 0 saturated heterocycles. The quantitative estimate of drug-likeness (QED) is 0.877. The fourth-order valence-corrected chi connectivity index (χ4v) is 2.60. The van der Waals surface area contributed by atoms with Crippen molar-refractivity contribution in [3.05, 3.63) is 29.8 Å². The van der Waals surface area contributed by atoms with Crippen LogP contribution < -0.4 is 4.90 Å². The molecular formula is C17H23NO4. The van der Waals surface area contributed by atoms with Crippen molar-refractivity contribution in [3.63, 3.8) is 0 Å². The maximum absolute atomic E-state index is 12.6. The Balaban J connectivity index is 2.09. The summed E-state index contributed by atoms with van der Waals surface area (Å²) >= 11 is 0. The molecule has 0 saturated carbocycles. The molecule has 2 rings (SSSR count). The molecule has 1 aromatic carbocycles. The molecule has 1 heterocycles. The minimum atomic E-state index is -0.906. The van der Waals surface area contributed by atoms with E-state index in [4.69, 9.17) is 4.74 Å². The molecule has 1 amide bonds. The van der Waals surface area contributed by atoms with Gasteiger partial charge in [-0.2, -0.15) is 0 Å². The Bertz CT molecular complexity index is 555. The minimum absolute atomic E-state index is 0.172. The summed E-state index contributed by atoms with van der Waals surface area (Å²) < 4.78 is 5.60. The highest BCUT2D eigenvalue weighted by Crippen LogP contribution is 2.36. The van der Waals surface area contributed by atoms with Gasteiger partial charge in [-0.1, -0.05) is 32.0 Å². The summed E-state index contributed by atoms with van der Waals surface area (Å²) in [4.78, 5) is 25.5. The van der Waals surface area contributed by atoms with Crippen LogP contribution in [0.4, 0.5) is 5.69 Å². The van der Waals surface area contributed by atoms with Gasteiger partial charge in [-0.3, -0.25) is 9.59 Å². The number of nitrogens with zero attached hydrogens (tertiary/aromatic N) is 1. The normalized spacial score (nSPS) is 18.4. The van der Waals surface area contributed by atoms with Crippen LogP contribution in [-0.4, -0.2) is 36.2 Å². The van der Waals surface area contributed by atoms with E-state index in [9.17, 15) is 14.7 Å². The second-order valence-electron chi connectivity index (χ2n) is 6.09.